The molecule has 0 saturated heterocycles. The van der Waals surface area contributed by atoms with Gasteiger partial charge >= 0.3 is 0 Å². The van der Waals surface area contributed by atoms with E-state index in [1.54, 1.807) is 19.1 Å². The molecule has 4 heteroatoms. The minimum Gasteiger partial charge on any atom is -0.257 e. The summed E-state index contributed by atoms with van der Waals surface area (Å²) in [6, 6.07) is 3.49. The van der Waals surface area contributed by atoms with E-state index in [4.69, 9.17) is 4.78 Å². The van der Waals surface area contributed by atoms with Crippen LogP contribution in [0.4, 0.5) is 0 Å². The SMILES string of the molecule is Cc1ccc(S(C)(=N)=O)c(C)n1. The topological polar surface area (TPSA) is 53.8 Å². The Kier molecular flexibility index (Phi) is 2.19. The summed E-state index contributed by atoms with van der Waals surface area (Å²) in [6.07, 6.45) is 1.41. The average molecular weight is 184 g/mol. The minimum absolute atomic E-state index is 0.535. The molecule has 0 saturated carbocycles. The number of nitrogens with zero attached hydrogens (tertiary/aromatic N) is 1. The molecule has 1 unspecified atom stereocenters. The van der Waals surface area contributed by atoms with Crippen LogP contribution in [0.5, 0.6) is 0 Å². The fourth-order valence-electron chi connectivity index (χ4n) is 1.09. The number of nitrogens with one attached hydrogen (secondary N) is 1. The van der Waals surface area contributed by atoms with Crippen LogP contribution in [0.15, 0.2) is 17.0 Å². The second-order valence-corrected chi connectivity index (χ2v) is 5.01. The van der Waals surface area contributed by atoms with Crippen LogP contribution >= 0.6 is 0 Å². The number of rotatable bonds is 1. The highest BCUT2D eigenvalue weighted by atomic mass is 32.2. The van der Waals surface area contributed by atoms with Gasteiger partial charge in [-0.15, -0.1) is 0 Å². The Hall–Kier alpha value is -0.900. The van der Waals surface area contributed by atoms with Crippen molar-refractivity contribution in [3.63, 3.8) is 0 Å². The monoisotopic (exact) mass is 184 g/mol. The summed E-state index contributed by atoms with van der Waals surface area (Å²) in [5, 5.41) is 0. The van der Waals surface area contributed by atoms with Gasteiger partial charge in [-0.25, -0.2) is 8.99 Å². The molecule has 0 aliphatic heterocycles. The Morgan fingerprint density at radius 1 is 1.42 bits per heavy atom. The second-order valence-electron chi connectivity index (χ2n) is 2.88. The van der Waals surface area contributed by atoms with Gasteiger partial charge in [-0.05, 0) is 26.0 Å². The van der Waals surface area contributed by atoms with Gasteiger partial charge in [0.2, 0.25) is 0 Å². The van der Waals surface area contributed by atoms with Crippen molar-refractivity contribution >= 4 is 9.73 Å². The van der Waals surface area contributed by atoms with Crippen molar-refractivity contribution in [1.29, 1.82) is 4.78 Å². The van der Waals surface area contributed by atoms with Crippen molar-refractivity contribution in [2.24, 2.45) is 0 Å². The first-order valence-electron chi connectivity index (χ1n) is 3.59. The van der Waals surface area contributed by atoms with Gasteiger partial charge in [0, 0.05) is 11.9 Å². The molecule has 0 aromatic carbocycles. The molecule has 0 fully saturated rings. The Balaban J connectivity index is 3.39. The lowest BCUT2D eigenvalue weighted by Gasteiger charge is -2.04. The summed E-state index contributed by atoms with van der Waals surface area (Å²) >= 11 is 0. The molecular formula is C8H12N2OS. The van der Waals surface area contributed by atoms with Gasteiger partial charge in [-0.3, -0.25) is 4.98 Å². The first kappa shape index (κ1) is 9.19. The van der Waals surface area contributed by atoms with Gasteiger partial charge in [0.1, 0.15) is 0 Å². The number of aromatic nitrogens is 1. The number of hydrogen-bond donors (Lipinski definition) is 1. The molecule has 12 heavy (non-hydrogen) atoms. The van der Waals surface area contributed by atoms with Crippen LogP contribution in [0.2, 0.25) is 0 Å². The highest BCUT2D eigenvalue weighted by Gasteiger charge is 2.07. The summed E-state index contributed by atoms with van der Waals surface area (Å²) in [6.45, 7) is 3.65. The fourth-order valence-corrected chi connectivity index (χ4v) is 2.02. The summed E-state index contributed by atoms with van der Waals surface area (Å²) in [4.78, 5) is 4.68. The smallest absolute Gasteiger partial charge is 0.0714 e. The molecule has 0 aliphatic carbocycles. The van der Waals surface area contributed by atoms with Crippen molar-refractivity contribution in [2.45, 2.75) is 18.7 Å². The number of hydrogen-bond acceptors (Lipinski definition) is 3. The first-order valence-corrected chi connectivity index (χ1v) is 5.56. The molecule has 1 atom stereocenters. The molecule has 0 aliphatic rings. The summed E-state index contributed by atoms with van der Waals surface area (Å²) < 4.78 is 18.7. The van der Waals surface area contributed by atoms with Crippen molar-refractivity contribution in [3.8, 4) is 0 Å². The molecule has 1 aromatic heterocycles. The van der Waals surface area contributed by atoms with Gasteiger partial charge in [0.15, 0.2) is 0 Å². The van der Waals surface area contributed by atoms with E-state index < -0.39 is 9.73 Å². The van der Waals surface area contributed by atoms with E-state index in [9.17, 15) is 4.21 Å². The van der Waals surface area contributed by atoms with Crippen molar-refractivity contribution in [2.75, 3.05) is 6.26 Å². The maximum Gasteiger partial charge on any atom is 0.0714 e. The highest BCUT2D eigenvalue weighted by Crippen LogP contribution is 2.13. The molecule has 66 valence electrons. The predicted molar refractivity (Wildman–Crippen MR) is 48.8 cm³/mol. The summed E-state index contributed by atoms with van der Waals surface area (Å²) in [5.74, 6) is 0. The molecule has 0 amide bonds. The lowest BCUT2D eigenvalue weighted by molar-refractivity contribution is 0.677. The fraction of sp³-hybridized carbons (Fsp3) is 0.375. The van der Waals surface area contributed by atoms with E-state index in [0.717, 1.165) is 5.69 Å². The Bertz CT molecular complexity index is 396. The van der Waals surface area contributed by atoms with Gasteiger partial charge in [-0.1, -0.05) is 0 Å². The molecule has 1 rings (SSSR count). The van der Waals surface area contributed by atoms with Crippen molar-refractivity contribution < 1.29 is 4.21 Å². The Morgan fingerprint density at radius 2 is 2.00 bits per heavy atom. The molecular weight excluding hydrogens is 172 g/mol. The molecule has 1 aromatic rings. The zero-order valence-electron chi connectivity index (χ0n) is 7.42. The van der Waals surface area contributed by atoms with E-state index in [-0.39, 0.29) is 0 Å². The number of pyridine rings is 1. The molecule has 1 heterocycles. The maximum atomic E-state index is 11.3. The van der Waals surface area contributed by atoms with Crippen LogP contribution < -0.4 is 0 Å². The van der Waals surface area contributed by atoms with E-state index in [2.05, 4.69) is 4.98 Å². The average Bonchev–Trinajstić information content (AvgIpc) is 1.83. The Morgan fingerprint density at radius 3 is 2.42 bits per heavy atom. The predicted octanol–water partition coefficient (Wildman–Crippen LogP) is 1.73. The van der Waals surface area contributed by atoms with Crippen molar-refractivity contribution in [3.05, 3.63) is 23.5 Å². The van der Waals surface area contributed by atoms with Crippen LogP contribution in [0.25, 0.3) is 0 Å². The quantitative estimate of drug-likeness (QED) is 0.722. The summed E-state index contributed by atoms with van der Waals surface area (Å²) in [7, 11) is -2.61. The summed E-state index contributed by atoms with van der Waals surface area (Å²) in [5.41, 5.74) is 1.58. The van der Waals surface area contributed by atoms with Crippen molar-refractivity contribution in [1.82, 2.24) is 4.98 Å². The third kappa shape index (κ3) is 1.82. The molecule has 0 radical (unpaired) electrons. The highest BCUT2D eigenvalue weighted by molar-refractivity contribution is 7.91. The first-order chi connectivity index (χ1) is 5.41. The van der Waals surface area contributed by atoms with E-state index in [0.29, 0.717) is 10.6 Å². The third-order valence-electron chi connectivity index (χ3n) is 1.60. The second kappa shape index (κ2) is 2.86. The minimum atomic E-state index is -2.61. The van der Waals surface area contributed by atoms with E-state index in [1.807, 2.05) is 6.92 Å². The molecule has 0 bridgehead atoms. The van der Waals surface area contributed by atoms with E-state index in [1.165, 1.54) is 6.26 Å². The number of aryl methyl sites for hydroxylation is 2. The largest absolute Gasteiger partial charge is 0.257 e. The molecule has 1 N–H and O–H groups in total. The Labute approximate surface area is 72.8 Å². The van der Waals surface area contributed by atoms with Crippen LogP contribution in [-0.2, 0) is 9.73 Å². The lowest BCUT2D eigenvalue weighted by Crippen LogP contribution is -2.00. The standard InChI is InChI=1S/C8H12N2OS/c1-6-4-5-8(7(2)10-6)12(3,9)11/h4-5,9H,1-3H3. The van der Waals surface area contributed by atoms with Gasteiger partial charge < -0.3 is 0 Å². The molecule has 3 nitrogen and oxygen atoms in total. The molecule has 0 spiro atoms. The van der Waals surface area contributed by atoms with Gasteiger partial charge in [0.25, 0.3) is 0 Å². The van der Waals surface area contributed by atoms with Gasteiger partial charge in [-0.2, -0.15) is 0 Å². The zero-order chi connectivity index (χ0) is 9.35. The van der Waals surface area contributed by atoms with Crippen LogP contribution in [-0.4, -0.2) is 15.4 Å². The van der Waals surface area contributed by atoms with E-state index >= 15 is 0 Å². The maximum absolute atomic E-state index is 11.3. The van der Waals surface area contributed by atoms with Crippen LogP contribution in [0.3, 0.4) is 0 Å². The normalized spacial score (nSPS) is 15.6. The lowest BCUT2D eigenvalue weighted by atomic mass is 10.3. The van der Waals surface area contributed by atoms with Crippen LogP contribution in [0.1, 0.15) is 11.4 Å². The third-order valence-corrected chi connectivity index (χ3v) is 2.87. The zero-order valence-corrected chi connectivity index (χ0v) is 8.23. The van der Waals surface area contributed by atoms with Crippen LogP contribution in [0, 0.1) is 18.6 Å². The van der Waals surface area contributed by atoms with Gasteiger partial charge in [0.05, 0.1) is 20.3 Å².